The van der Waals surface area contributed by atoms with E-state index in [0.29, 0.717) is 10.7 Å². The first-order valence-electron chi connectivity index (χ1n) is 5.91. The third-order valence-corrected chi connectivity index (χ3v) is 3.25. The molecule has 0 aliphatic rings. The van der Waals surface area contributed by atoms with E-state index in [1.165, 1.54) is 12.1 Å². The van der Waals surface area contributed by atoms with Crippen LogP contribution in [0.15, 0.2) is 36.4 Å². The monoisotopic (exact) mass is 294 g/mol. The van der Waals surface area contributed by atoms with Crippen LogP contribution in [0.1, 0.15) is 11.1 Å². The van der Waals surface area contributed by atoms with Crippen LogP contribution in [-0.4, -0.2) is 4.92 Å². The minimum absolute atomic E-state index is 0.123. The van der Waals surface area contributed by atoms with Gasteiger partial charge in [-0.3, -0.25) is 10.1 Å². The van der Waals surface area contributed by atoms with Crippen LogP contribution in [0.4, 0.5) is 15.8 Å². The Morgan fingerprint density at radius 2 is 2.00 bits per heavy atom. The molecule has 0 saturated heterocycles. The van der Waals surface area contributed by atoms with E-state index in [-0.39, 0.29) is 12.1 Å². The first kappa shape index (κ1) is 14.3. The SMILES string of the molecule is Cc1cccc(Cl)c1NCc1cccc([N+](=O)[O-])c1F. The van der Waals surface area contributed by atoms with Gasteiger partial charge in [0.05, 0.1) is 15.6 Å². The summed E-state index contributed by atoms with van der Waals surface area (Å²) in [5.41, 5.74) is 1.31. The van der Waals surface area contributed by atoms with Crippen LogP contribution in [0.25, 0.3) is 0 Å². The molecule has 2 aromatic rings. The molecule has 2 aromatic carbocycles. The van der Waals surface area contributed by atoms with Crippen LogP contribution < -0.4 is 5.32 Å². The fourth-order valence-electron chi connectivity index (χ4n) is 1.88. The molecule has 0 aliphatic heterocycles. The number of nitrogens with one attached hydrogen (secondary N) is 1. The second-order valence-corrected chi connectivity index (χ2v) is 4.70. The van der Waals surface area contributed by atoms with Crippen LogP contribution in [0.5, 0.6) is 0 Å². The van der Waals surface area contributed by atoms with E-state index < -0.39 is 16.4 Å². The average Bonchev–Trinajstić information content (AvgIpc) is 2.39. The van der Waals surface area contributed by atoms with Gasteiger partial charge >= 0.3 is 5.69 Å². The van der Waals surface area contributed by atoms with Gasteiger partial charge < -0.3 is 5.32 Å². The van der Waals surface area contributed by atoms with Gasteiger partial charge in [0, 0.05) is 18.2 Å². The maximum atomic E-state index is 13.9. The highest BCUT2D eigenvalue weighted by molar-refractivity contribution is 6.33. The van der Waals surface area contributed by atoms with Gasteiger partial charge in [-0.15, -0.1) is 0 Å². The summed E-state index contributed by atoms with van der Waals surface area (Å²) >= 11 is 6.05. The molecule has 6 heteroatoms. The Bertz CT molecular complexity index is 641. The number of aryl methyl sites for hydroxylation is 1. The molecular weight excluding hydrogens is 283 g/mol. The Kier molecular flexibility index (Phi) is 4.20. The number of halogens is 2. The average molecular weight is 295 g/mol. The number of nitrogens with zero attached hydrogens (tertiary/aromatic N) is 1. The lowest BCUT2D eigenvalue weighted by Gasteiger charge is -2.11. The van der Waals surface area contributed by atoms with Crippen molar-refractivity contribution in [3.8, 4) is 0 Å². The summed E-state index contributed by atoms with van der Waals surface area (Å²) in [7, 11) is 0. The fourth-order valence-corrected chi connectivity index (χ4v) is 2.17. The van der Waals surface area contributed by atoms with Crippen LogP contribution in [0.2, 0.25) is 5.02 Å². The predicted molar refractivity (Wildman–Crippen MR) is 76.6 cm³/mol. The highest BCUT2D eigenvalue weighted by Crippen LogP contribution is 2.27. The number of nitro groups is 1. The first-order chi connectivity index (χ1) is 9.50. The van der Waals surface area contributed by atoms with Gasteiger partial charge in [-0.2, -0.15) is 4.39 Å². The first-order valence-corrected chi connectivity index (χ1v) is 6.29. The predicted octanol–water partition coefficient (Wildman–Crippen LogP) is 4.31. The minimum atomic E-state index is -0.824. The Morgan fingerprint density at radius 1 is 1.30 bits per heavy atom. The van der Waals surface area contributed by atoms with Gasteiger partial charge in [-0.05, 0) is 18.6 Å². The lowest BCUT2D eigenvalue weighted by atomic mass is 10.1. The molecule has 0 amide bonds. The molecule has 0 unspecified atom stereocenters. The maximum absolute atomic E-state index is 13.9. The number of hydrogen-bond donors (Lipinski definition) is 1. The quantitative estimate of drug-likeness (QED) is 0.675. The zero-order chi connectivity index (χ0) is 14.7. The number of hydrogen-bond acceptors (Lipinski definition) is 3. The van der Waals surface area contributed by atoms with Crippen LogP contribution in [0, 0.1) is 22.9 Å². The molecule has 4 nitrogen and oxygen atoms in total. The Morgan fingerprint density at radius 3 is 2.65 bits per heavy atom. The van der Waals surface area contributed by atoms with Gasteiger partial charge in [0.1, 0.15) is 0 Å². The lowest BCUT2D eigenvalue weighted by Crippen LogP contribution is -2.05. The lowest BCUT2D eigenvalue weighted by molar-refractivity contribution is -0.387. The minimum Gasteiger partial charge on any atom is -0.379 e. The van der Waals surface area contributed by atoms with Gasteiger partial charge in [0.25, 0.3) is 0 Å². The van der Waals surface area contributed by atoms with Crippen molar-refractivity contribution < 1.29 is 9.31 Å². The van der Waals surface area contributed by atoms with Crippen LogP contribution >= 0.6 is 11.6 Å². The topological polar surface area (TPSA) is 55.2 Å². The summed E-state index contributed by atoms with van der Waals surface area (Å²) < 4.78 is 13.9. The van der Waals surface area contributed by atoms with Crippen molar-refractivity contribution in [3.63, 3.8) is 0 Å². The van der Waals surface area contributed by atoms with Crippen molar-refractivity contribution in [2.24, 2.45) is 0 Å². The zero-order valence-corrected chi connectivity index (χ0v) is 11.4. The van der Waals surface area contributed by atoms with E-state index in [0.717, 1.165) is 11.6 Å². The molecule has 20 heavy (non-hydrogen) atoms. The van der Waals surface area contributed by atoms with E-state index in [2.05, 4.69) is 5.32 Å². The summed E-state index contributed by atoms with van der Waals surface area (Å²) in [5.74, 6) is -0.824. The molecule has 0 heterocycles. The largest absolute Gasteiger partial charge is 0.379 e. The molecule has 0 fully saturated rings. The van der Waals surface area contributed by atoms with Gasteiger partial charge in [-0.1, -0.05) is 35.9 Å². The number of anilines is 1. The molecule has 0 radical (unpaired) electrons. The highest BCUT2D eigenvalue weighted by Gasteiger charge is 2.17. The summed E-state index contributed by atoms with van der Waals surface area (Å²) in [6.07, 6.45) is 0. The standard InChI is InChI=1S/C14H12ClFN2O2/c1-9-4-2-6-11(15)14(9)17-8-10-5-3-7-12(13(10)16)18(19)20/h2-7,17H,8H2,1H3. The second kappa shape index (κ2) is 5.88. The Labute approximate surface area is 120 Å². The van der Waals surface area contributed by atoms with E-state index in [4.69, 9.17) is 11.6 Å². The van der Waals surface area contributed by atoms with E-state index >= 15 is 0 Å². The molecule has 0 aromatic heterocycles. The van der Waals surface area contributed by atoms with E-state index in [1.54, 1.807) is 6.07 Å². The highest BCUT2D eigenvalue weighted by atomic mass is 35.5. The smallest absolute Gasteiger partial charge is 0.305 e. The molecule has 0 bridgehead atoms. The molecule has 0 saturated carbocycles. The van der Waals surface area contributed by atoms with Crippen molar-refractivity contribution >= 4 is 23.0 Å². The fraction of sp³-hybridized carbons (Fsp3) is 0.143. The van der Waals surface area contributed by atoms with Crippen molar-refractivity contribution in [2.45, 2.75) is 13.5 Å². The van der Waals surface area contributed by atoms with Crippen molar-refractivity contribution in [2.75, 3.05) is 5.32 Å². The van der Waals surface area contributed by atoms with Crippen molar-refractivity contribution in [1.29, 1.82) is 0 Å². The summed E-state index contributed by atoms with van der Waals surface area (Å²) in [5, 5.41) is 14.2. The van der Waals surface area contributed by atoms with E-state index in [1.807, 2.05) is 19.1 Å². The summed E-state index contributed by atoms with van der Waals surface area (Å²) in [6.45, 7) is 2.00. The zero-order valence-electron chi connectivity index (χ0n) is 10.7. The van der Waals surface area contributed by atoms with Gasteiger partial charge in [0.15, 0.2) is 0 Å². The number of nitro benzene ring substituents is 1. The van der Waals surface area contributed by atoms with Gasteiger partial charge in [-0.25, -0.2) is 0 Å². The van der Waals surface area contributed by atoms with Crippen molar-refractivity contribution in [1.82, 2.24) is 0 Å². The van der Waals surface area contributed by atoms with Crippen LogP contribution in [0.3, 0.4) is 0 Å². The third kappa shape index (κ3) is 2.88. The summed E-state index contributed by atoms with van der Waals surface area (Å²) in [6, 6.07) is 9.51. The number of benzene rings is 2. The van der Waals surface area contributed by atoms with Crippen LogP contribution in [-0.2, 0) is 6.54 Å². The number of para-hydroxylation sites is 1. The normalized spacial score (nSPS) is 10.3. The molecular formula is C14H12ClFN2O2. The second-order valence-electron chi connectivity index (χ2n) is 4.29. The number of rotatable bonds is 4. The molecule has 1 N–H and O–H groups in total. The Hall–Kier alpha value is -2.14. The molecule has 0 spiro atoms. The molecule has 0 aliphatic carbocycles. The maximum Gasteiger partial charge on any atom is 0.305 e. The molecule has 104 valence electrons. The molecule has 0 atom stereocenters. The summed E-state index contributed by atoms with van der Waals surface area (Å²) in [4.78, 5) is 9.94. The van der Waals surface area contributed by atoms with E-state index in [9.17, 15) is 14.5 Å². The third-order valence-electron chi connectivity index (χ3n) is 2.93. The van der Waals surface area contributed by atoms with Crippen molar-refractivity contribution in [3.05, 3.63) is 68.5 Å². The Balaban J connectivity index is 2.24. The molecule has 2 rings (SSSR count). The van der Waals surface area contributed by atoms with Gasteiger partial charge in [0.2, 0.25) is 5.82 Å².